The van der Waals surface area contributed by atoms with Gasteiger partial charge in [0.1, 0.15) is 17.3 Å². The average molecular weight is 256 g/mol. The zero-order chi connectivity index (χ0) is 13.3. The molecule has 1 aliphatic heterocycles. The number of rotatable bonds is 2. The second kappa shape index (κ2) is 4.89. The quantitative estimate of drug-likeness (QED) is 0.814. The zero-order valence-corrected chi connectivity index (χ0v) is 9.95. The van der Waals surface area contributed by atoms with Gasteiger partial charge in [-0.15, -0.1) is 0 Å². The Morgan fingerprint density at radius 1 is 1.44 bits per heavy atom. The monoisotopic (exact) mass is 256 g/mol. The Labute approximate surface area is 103 Å². The highest BCUT2D eigenvalue weighted by atomic mass is 19.1. The van der Waals surface area contributed by atoms with Crippen LogP contribution in [-0.2, 0) is 4.74 Å². The maximum atomic E-state index is 13.3. The lowest BCUT2D eigenvalue weighted by molar-refractivity contribution is 0.0723. The van der Waals surface area contributed by atoms with E-state index in [9.17, 15) is 13.6 Å². The van der Waals surface area contributed by atoms with Crippen LogP contribution in [0, 0.1) is 11.6 Å². The van der Waals surface area contributed by atoms with Gasteiger partial charge in [-0.25, -0.2) is 8.78 Å². The van der Waals surface area contributed by atoms with Crippen molar-refractivity contribution in [1.29, 1.82) is 0 Å². The van der Waals surface area contributed by atoms with Gasteiger partial charge in [0.2, 0.25) is 0 Å². The molecule has 1 aromatic carbocycles. The first-order valence-corrected chi connectivity index (χ1v) is 5.59. The zero-order valence-electron chi connectivity index (χ0n) is 9.95. The standard InChI is InChI=1S/C12H14F2N2O2/c1-18-8-2-3-16(6-8)12(17)7-4-9(13)11(15)10(14)5-7/h4-5,8H,2-3,6,15H2,1H3. The molecule has 0 spiro atoms. The summed E-state index contributed by atoms with van der Waals surface area (Å²) in [7, 11) is 1.57. The van der Waals surface area contributed by atoms with E-state index in [2.05, 4.69) is 0 Å². The molecule has 6 heteroatoms. The Hall–Kier alpha value is -1.69. The smallest absolute Gasteiger partial charge is 0.254 e. The molecular weight excluding hydrogens is 242 g/mol. The lowest BCUT2D eigenvalue weighted by Gasteiger charge is -2.16. The molecule has 2 N–H and O–H groups in total. The van der Waals surface area contributed by atoms with Gasteiger partial charge in [-0.05, 0) is 18.6 Å². The summed E-state index contributed by atoms with van der Waals surface area (Å²) in [6.07, 6.45) is 0.708. The van der Waals surface area contributed by atoms with Crippen molar-refractivity contribution in [2.24, 2.45) is 0 Å². The van der Waals surface area contributed by atoms with Crippen LogP contribution in [-0.4, -0.2) is 37.1 Å². The third-order valence-corrected chi connectivity index (χ3v) is 3.09. The fourth-order valence-electron chi connectivity index (χ4n) is 2.00. The number of hydrogen-bond acceptors (Lipinski definition) is 3. The minimum absolute atomic E-state index is 0.0163. The molecule has 1 amide bonds. The summed E-state index contributed by atoms with van der Waals surface area (Å²) in [5.74, 6) is -2.24. The van der Waals surface area contributed by atoms with Gasteiger partial charge in [-0.2, -0.15) is 0 Å². The molecule has 1 atom stereocenters. The highest BCUT2D eigenvalue weighted by molar-refractivity contribution is 5.94. The molecular formula is C12H14F2N2O2. The number of nitrogens with zero attached hydrogens (tertiary/aromatic N) is 1. The van der Waals surface area contributed by atoms with Crippen LogP contribution < -0.4 is 5.73 Å². The Balaban J connectivity index is 2.19. The number of methoxy groups -OCH3 is 1. The molecule has 1 heterocycles. The van der Waals surface area contributed by atoms with Gasteiger partial charge < -0.3 is 15.4 Å². The number of nitrogens with two attached hydrogens (primary N) is 1. The van der Waals surface area contributed by atoms with Crippen molar-refractivity contribution in [3.05, 3.63) is 29.3 Å². The van der Waals surface area contributed by atoms with Crippen LogP contribution in [0.2, 0.25) is 0 Å². The summed E-state index contributed by atoms with van der Waals surface area (Å²) < 4.78 is 31.7. The van der Waals surface area contributed by atoms with Gasteiger partial charge in [-0.1, -0.05) is 0 Å². The highest BCUT2D eigenvalue weighted by Gasteiger charge is 2.27. The fraction of sp³-hybridized carbons (Fsp3) is 0.417. The number of hydrogen-bond donors (Lipinski definition) is 1. The minimum Gasteiger partial charge on any atom is -0.394 e. The molecule has 4 nitrogen and oxygen atoms in total. The molecule has 0 saturated carbocycles. The van der Waals surface area contributed by atoms with Crippen molar-refractivity contribution < 1.29 is 18.3 Å². The van der Waals surface area contributed by atoms with E-state index in [1.807, 2.05) is 0 Å². The molecule has 1 saturated heterocycles. The number of likely N-dealkylation sites (tertiary alicyclic amines) is 1. The molecule has 1 aromatic rings. The van der Waals surface area contributed by atoms with E-state index in [4.69, 9.17) is 10.5 Å². The lowest BCUT2D eigenvalue weighted by atomic mass is 10.1. The maximum Gasteiger partial charge on any atom is 0.254 e. The van der Waals surface area contributed by atoms with E-state index in [-0.39, 0.29) is 11.7 Å². The predicted molar refractivity (Wildman–Crippen MR) is 62.1 cm³/mol. The second-order valence-corrected chi connectivity index (χ2v) is 4.25. The van der Waals surface area contributed by atoms with Crippen molar-refractivity contribution in [3.8, 4) is 0 Å². The van der Waals surface area contributed by atoms with E-state index >= 15 is 0 Å². The van der Waals surface area contributed by atoms with Crippen LogP contribution in [0.25, 0.3) is 0 Å². The van der Waals surface area contributed by atoms with E-state index in [0.717, 1.165) is 18.6 Å². The number of ether oxygens (including phenoxy) is 1. The summed E-state index contributed by atoms with van der Waals surface area (Å²) >= 11 is 0. The van der Waals surface area contributed by atoms with E-state index < -0.39 is 23.2 Å². The number of nitrogen functional groups attached to an aromatic ring is 1. The molecule has 98 valence electrons. The first-order valence-electron chi connectivity index (χ1n) is 5.59. The summed E-state index contributed by atoms with van der Waals surface area (Å²) in [5, 5.41) is 0. The van der Waals surface area contributed by atoms with Crippen molar-refractivity contribution >= 4 is 11.6 Å². The summed E-state index contributed by atoms with van der Waals surface area (Å²) in [5.41, 5.74) is 4.55. The summed E-state index contributed by atoms with van der Waals surface area (Å²) in [6, 6.07) is 1.92. The molecule has 1 unspecified atom stereocenters. The van der Waals surface area contributed by atoms with E-state index in [0.29, 0.717) is 13.1 Å². The van der Waals surface area contributed by atoms with Crippen LogP contribution in [0.3, 0.4) is 0 Å². The van der Waals surface area contributed by atoms with Crippen LogP contribution >= 0.6 is 0 Å². The molecule has 1 aliphatic rings. The number of benzene rings is 1. The molecule has 0 bridgehead atoms. The number of amides is 1. The third kappa shape index (κ3) is 2.28. The molecule has 0 radical (unpaired) electrons. The normalized spacial score (nSPS) is 19.3. The second-order valence-electron chi connectivity index (χ2n) is 4.25. The molecule has 0 aliphatic carbocycles. The first kappa shape index (κ1) is 12.8. The SMILES string of the molecule is COC1CCN(C(=O)c2cc(F)c(N)c(F)c2)C1. The van der Waals surface area contributed by atoms with Crippen molar-refractivity contribution in [1.82, 2.24) is 4.90 Å². The van der Waals surface area contributed by atoms with Crippen molar-refractivity contribution in [3.63, 3.8) is 0 Å². The third-order valence-electron chi connectivity index (χ3n) is 3.09. The fourth-order valence-corrected chi connectivity index (χ4v) is 2.00. The van der Waals surface area contributed by atoms with Gasteiger partial charge in [0.05, 0.1) is 6.10 Å². The Morgan fingerprint density at radius 2 is 2.06 bits per heavy atom. The topological polar surface area (TPSA) is 55.6 Å². The molecule has 0 aromatic heterocycles. The number of carbonyl (C=O) groups is 1. The largest absolute Gasteiger partial charge is 0.394 e. The van der Waals surface area contributed by atoms with Crippen molar-refractivity contribution in [2.45, 2.75) is 12.5 Å². The molecule has 1 fully saturated rings. The predicted octanol–water partition coefficient (Wildman–Crippen LogP) is 1.41. The van der Waals surface area contributed by atoms with Crippen LogP contribution in [0.4, 0.5) is 14.5 Å². The van der Waals surface area contributed by atoms with Gasteiger partial charge >= 0.3 is 0 Å². The minimum atomic E-state index is -0.916. The Bertz CT molecular complexity index is 456. The van der Waals surface area contributed by atoms with E-state index in [1.54, 1.807) is 7.11 Å². The van der Waals surface area contributed by atoms with Crippen LogP contribution in [0.15, 0.2) is 12.1 Å². The van der Waals surface area contributed by atoms with Gasteiger partial charge in [0, 0.05) is 25.8 Å². The summed E-state index contributed by atoms with van der Waals surface area (Å²) in [6.45, 7) is 0.952. The first-order chi connectivity index (χ1) is 8.52. The van der Waals surface area contributed by atoms with E-state index in [1.165, 1.54) is 4.90 Å². The molecule has 2 rings (SSSR count). The van der Waals surface area contributed by atoms with Crippen LogP contribution in [0.5, 0.6) is 0 Å². The average Bonchev–Trinajstić information content (AvgIpc) is 2.83. The Morgan fingerprint density at radius 3 is 2.56 bits per heavy atom. The summed E-state index contributed by atoms with van der Waals surface area (Å²) in [4.78, 5) is 13.5. The number of halogens is 2. The van der Waals surface area contributed by atoms with Gasteiger partial charge in [0.25, 0.3) is 5.91 Å². The van der Waals surface area contributed by atoms with Gasteiger partial charge in [-0.3, -0.25) is 4.79 Å². The van der Waals surface area contributed by atoms with Crippen LogP contribution in [0.1, 0.15) is 16.8 Å². The maximum absolute atomic E-state index is 13.3. The Kier molecular flexibility index (Phi) is 3.47. The lowest BCUT2D eigenvalue weighted by Crippen LogP contribution is -2.30. The molecule has 18 heavy (non-hydrogen) atoms. The highest BCUT2D eigenvalue weighted by Crippen LogP contribution is 2.20. The number of anilines is 1. The number of carbonyl (C=O) groups excluding carboxylic acids is 1. The van der Waals surface area contributed by atoms with Gasteiger partial charge in [0.15, 0.2) is 0 Å². The van der Waals surface area contributed by atoms with Crippen molar-refractivity contribution in [2.75, 3.05) is 25.9 Å².